The van der Waals surface area contributed by atoms with Crippen LogP contribution in [0.3, 0.4) is 0 Å². The summed E-state index contributed by atoms with van der Waals surface area (Å²) in [5.41, 5.74) is 4.18. The van der Waals surface area contributed by atoms with Gasteiger partial charge in [0.25, 0.3) is 0 Å². The number of carbonyl (C=O) groups excluding carboxylic acids is 1. The Morgan fingerprint density at radius 1 is 1.08 bits per heavy atom. The van der Waals surface area contributed by atoms with Crippen molar-refractivity contribution in [1.29, 1.82) is 5.26 Å². The number of pyridine rings is 2. The van der Waals surface area contributed by atoms with E-state index in [-0.39, 0.29) is 5.92 Å². The lowest BCUT2D eigenvalue weighted by atomic mass is 9.81. The van der Waals surface area contributed by atoms with Crippen LogP contribution in [0.1, 0.15) is 99.3 Å². The van der Waals surface area contributed by atoms with Gasteiger partial charge in [-0.05, 0) is 69.2 Å². The van der Waals surface area contributed by atoms with E-state index in [9.17, 15) is 10.1 Å². The number of hydrogen-bond donors (Lipinski definition) is 0. The first kappa shape index (κ1) is 24.8. The molecule has 0 N–H and O–H groups in total. The van der Waals surface area contributed by atoms with Gasteiger partial charge in [0.05, 0.1) is 29.8 Å². The highest BCUT2D eigenvalue weighted by Crippen LogP contribution is 2.44. The van der Waals surface area contributed by atoms with Crippen LogP contribution in [0.15, 0.2) is 24.4 Å². The van der Waals surface area contributed by atoms with Crippen LogP contribution in [0.25, 0.3) is 22.2 Å². The molecule has 0 spiro atoms. The summed E-state index contributed by atoms with van der Waals surface area (Å²) in [6.07, 6.45) is 13.0. The van der Waals surface area contributed by atoms with Crippen LogP contribution < -0.4 is 4.90 Å². The van der Waals surface area contributed by atoms with Crippen LogP contribution in [0, 0.1) is 17.2 Å². The molecule has 0 aromatic carbocycles. The van der Waals surface area contributed by atoms with Crippen LogP contribution in [0.5, 0.6) is 0 Å². The van der Waals surface area contributed by atoms with Crippen LogP contribution >= 0.6 is 0 Å². The maximum Gasteiger partial charge on any atom is 0.357 e. The zero-order valence-corrected chi connectivity index (χ0v) is 22.2. The second-order valence-corrected chi connectivity index (χ2v) is 11.0. The first-order valence-electron chi connectivity index (χ1n) is 14.4. The minimum Gasteiger partial charge on any atom is -0.461 e. The molecule has 0 amide bonds. The highest BCUT2D eigenvalue weighted by molar-refractivity contribution is 6.00. The molecular weight excluding hydrogens is 476 g/mol. The van der Waals surface area contributed by atoms with E-state index >= 15 is 0 Å². The molecule has 3 fully saturated rings. The van der Waals surface area contributed by atoms with Crippen molar-refractivity contribution in [3.63, 3.8) is 0 Å². The van der Waals surface area contributed by atoms with Crippen molar-refractivity contribution >= 4 is 22.8 Å². The molecule has 0 atom stereocenters. The summed E-state index contributed by atoms with van der Waals surface area (Å²) < 4.78 is 7.51. The monoisotopic (exact) mass is 512 g/mol. The largest absolute Gasteiger partial charge is 0.461 e. The lowest BCUT2D eigenvalue weighted by Gasteiger charge is -2.30. The maximum atomic E-state index is 12.9. The number of piperidine rings is 1. The Kier molecular flexibility index (Phi) is 7.01. The Morgan fingerprint density at radius 3 is 2.50 bits per heavy atom. The third-order valence-electron chi connectivity index (χ3n) is 8.65. The molecule has 0 unspecified atom stereocenters. The number of nitriles is 1. The van der Waals surface area contributed by atoms with Gasteiger partial charge in [-0.1, -0.05) is 25.7 Å². The van der Waals surface area contributed by atoms with Crippen LogP contribution in [-0.4, -0.2) is 45.4 Å². The number of carbonyl (C=O) groups is 1. The van der Waals surface area contributed by atoms with E-state index < -0.39 is 5.97 Å². The predicted molar refractivity (Wildman–Crippen MR) is 146 cm³/mol. The molecule has 1 saturated heterocycles. The number of fused-ring (bicyclic) bond motifs is 1. The molecule has 0 bridgehead atoms. The minimum absolute atomic E-state index is 0.141. The third kappa shape index (κ3) is 4.63. The Balaban J connectivity index is 1.45. The number of hydrogen-bond acceptors (Lipinski definition) is 7. The fourth-order valence-electron chi connectivity index (χ4n) is 6.22. The van der Waals surface area contributed by atoms with Crippen molar-refractivity contribution < 1.29 is 9.53 Å². The number of ether oxygens (including phenoxy) is 1. The first-order valence-corrected chi connectivity index (χ1v) is 14.4. The molecule has 198 valence electrons. The van der Waals surface area contributed by atoms with Crippen molar-refractivity contribution in [3.05, 3.63) is 35.8 Å². The summed E-state index contributed by atoms with van der Waals surface area (Å²) in [5, 5.41) is 15.5. The van der Waals surface area contributed by atoms with Gasteiger partial charge < -0.3 is 9.64 Å². The lowest BCUT2D eigenvalue weighted by Crippen LogP contribution is -2.33. The Labute approximate surface area is 224 Å². The minimum atomic E-state index is -0.401. The highest BCUT2D eigenvalue weighted by Gasteiger charge is 2.31. The molecule has 6 rings (SSSR count). The number of esters is 1. The quantitative estimate of drug-likeness (QED) is 0.364. The average molecular weight is 513 g/mol. The van der Waals surface area contributed by atoms with Gasteiger partial charge in [-0.2, -0.15) is 10.4 Å². The molecule has 0 radical (unpaired) electrons. The van der Waals surface area contributed by atoms with E-state index in [1.54, 1.807) is 0 Å². The number of rotatable bonds is 6. The lowest BCUT2D eigenvalue weighted by molar-refractivity contribution is 0.0520. The summed E-state index contributed by atoms with van der Waals surface area (Å²) in [5.74, 6) is 1.10. The summed E-state index contributed by atoms with van der Waals surface area (Å²) in [6, 6.07) is 8.76. The van der Waals surface area contributed by atoms with E-state index in [1.165, 1.54) is 25.7 Å². The SMILES string of the molecule is CCOC(=O)c1cc(-c2ccc(N3CCC(C#N)CC3)nc2)c2c(C3CCC3)nn(C3CCCCC3)c2n1. The highest BCUT2D eigenvalue weighted by atomic mass is 16.5. The third-order valence-corrected chi connectivity index (χ3v) is 8.65. The first-order chi connectivity index (χ1) is 18.7. The zero-order chi connectivity index (χ0) is 26.1. The van der Waals surface area contributed by atoms with E-state index in [2.05, 4.69) is 27.8 Å². The van der Waals surface area contributed by atoms with Gasteiger partial charge in [-0.3, -0.25) is 0 Å². The van der Waals surface area contributed by atoms with Gasteiger partial charge in [-0.25, -0.2) is 19.4 Å². The number of anilines is 1. The number of aromatic nitrogens is 4. The van der Waals surface area contributed by atoms with Gasteiger partial charge >= 0.3 is 5.97 Å². The summed E-state index contributed by atoms with van der Waals surface area (Å²) in [6.45, 7) is 3.82. The van der Waals surface area contributed by atoms with Gasteiger partial charge in [0, 0.05) is 36.7 Å². The van der Waals surface area contributed by atoms with Crippen molar-refractivity contribution in [2.45, 2.75) is 83.1 Å². The molecule has 8 nitrogen and oxygen atoms in total. The van der Waals surface area contributed by atoms with Crippen LogP contribution in [0.4, 0.5) is 5.82 Å². The summed E-state index contributed by atoms with van der Waals surface area (Å²) >= 11 is 0. The van der Waals surface area contributed by atoms with Crippen molar-refractivity contribution in [1.82, 2.24) is 19.7 Å². The Hall–Kier alpha value is -3.47. The summed E-state index contributed by atoms with van der Waals surface area (Å²) in [7, 11) is 0. The van der Waals surface area contributed by atoms with E-state index in [1.807, 2.05) is 19.2 Å². The molecule has 2 aliphatic carbocycles. The van der Waals surface area contributed by atoms with Gasteiger partial charge in [0.15, 0.2) is 11.3 Å². The topological polar surface area (TPSA) is 96.9 Å². The zero-order valence-electron chi connectivity index (χ0n) is 22.2. The van der Waals surface area contributed by atoms with Crippen molar-refractivity contribution in [2.75, 3.05) is 24.6 Å². The molecule has 2 saturated carbocycles. The summed E-state index contributed by atoms with van der Waals surface area (Å²) in [4.78, 5) is 24.9. The van der Waals surface area contributed by atoms with Crippen molar-refractivity contribution in [3.8, 4) is 17.2 Å². The van der Waals surface area contributed by atoms with E-state index in [0.29, 0.717) is 24.3 Å². The predicted octanol–water partition coefficient (Wildman–Crippen LogP) is 6.18. The number of nitrogens with zero attached hydrogens (tertiary/aromatic N) is 6. The molecule has 38 heavy (non-hydrogen) atoms. The molecule has 3 aliphatic rings. The smallest absolute Gasteiger partial charge is 0.357 e. The van der Waals surface area contributed by atoms with Crippen molar-refractivity contribution in [2.24, 2.45) is 5.92 Å². The Morgan fingerprint density at radius 2 is 1.87 bits per heavy atom. The normalized spacial score (nSPS) is 19.3. The Bertz CT molecular complexity index is 1340. The van der Waals surface area contributed by atoms with E-state index in [4.69, 9.17) is 19.8 Å². The molecule has 8 heteroatoms. The fourth-order valence-corrected chi connectivity index (χ4v) is 6.22. The molecular formula is C30H36N6O2. The second-order valence-electron chi connectivity index (χ2n) is 11.0. The second kappa shape index (κ2) is 10.7. The molecule has 4 heterocycles. The average Bonchev–Trinajstić information content (AvgIpc) is 3.31. The molecule has 1 aliphatic heterocycles. The van der Waals surface area contributed by atoms with Crippen LogP contribution in [0.2, 0.25) is 0 Å². The van der Waals surface area contributed by atoms with Crippen LogP contribution in [-0.2, 0) is 4.74 Å². The van der Waals surface area contributed by atoms with Gasteiger partial charge in [0.2, 0.25) is 0 Å². The van der Waals surface area contributed by atoms with E-state index in [0.717, 1.165) is 85.3 Å². The van der Waals surface area contributed by atoms with Gasteiger partial charge in [0.1, 0.15) is 5.82 Å². The standard InChI is InChI=1S/C30H36N6O2/c1-2-38-30(37)25-17-24(22-11-12-26(32-19-22)35-15-13-20(18-31)14-16-35)27-28(21-7-6-8-21)34-36(29(27)33-25)23-9-4-3-5-10-23/h11-12,17,19-21,23H,2-10,13-16H2,1H3. The molecule has 3 aromatic rings. The van der Waals surface area contributed by atoms with Gasteiger partial charge in [-0.15, -0.1) is 0 Å². The maximum absolute atomic E-state index is 12.9. The fraction of sp³-hybridized carbons (Fsp3) is 0.567. The molecule has 3 aromatic heterocycles.